The molecular formula is C27H26N4O3. The van der Waals surface area contributed by atoms with Crippen LogP contribution in [0.1, 0.15) is 49.3 Å². The molecule has 172 valence electrons. The Morgan fingerprint density at radius 1 is 1.03 bits per heavy atom. The van der Waals surface area contributed by atoms with Crippen molar-refractivity contribution in [2.75, 3.05) is 5.73 Å². The second-order valence-corrected chi connectivity index (χ2v) is 8.53. The average molecular weight is 455 g/mol. The number of nitrogens with zero attached hydrogens (tertiary/aromatic N) is 3. The number of ether oxygens (including phenoxy) is 1. The van der Waals surface area contributed by atoms with Crippen LogP contribution in [0.25, 0.3) is 22.7 Å². The Morgan fingerprint density at radius 3 is 2.44 bits per heavy atom. The highest BCUT2D eigenvalue weighted by Crippen LogP contribution is 2.43. The largest absolute Gasteiger partial charge is 0.478 e. The van der Waals surface area contributed by atoms with Gasteiger partial charge >= 0.3 is 5.97 Å². The molecule has 3 N–H and O–H groups in total. The van der Waals surface area contributed by atoms with E-state index >= 15 is 0 Å². The third-order valence-electron chi connectivity index (χ3n) is 6.33. The SMILES string of the molecule is Nc1ncnn2c(C3CCCCC3)c(C=CC(=O)O)c(-c3ccc(Oc4ccccc4)cc3)c12. The Labute approximate surface area is 197 Å². The Morgan fingerprint density at radius 2 is 1.74 bits per heavy atom. The zero-order chi connectivity index (χ0) is 23.5. The number of nitrogens with two attached hydrogens (primary N) is 1. The summed E-state index contributed by atoms with van der Waals surface area (Å²) in [6, 6.07) is 17.3. The zero-order valence-electron chi connectivity index (χ0n) is 18.7. The number of carboxylic acids is 1. The summed E-state index contributed by atoms with van der Waals surface area (Å²) in [5, 5.41) is 13.9. The van der Waals surface area contributed by atoms with Gasteiger partial charge in [0, 0.05) is 23.1 Å². The first kappa shape index (κ1) is 21.7. The van der Waals surface area contributed by atoms with Crippen LogP contribution < -0.4 is 10.5 Å². The number of carbonyl (C=O) groups is 1. The van der Waals surface area contributed by atoms with Crippen molar-refractivity contribution < 1.29 is 14.6 Å². The quantitative estimate of drug-likeness (QED) is 0.351. The van der Waals surface area contributed by atoms with Crippen molar-refractivity contribution in [1.82, 2.24) is 14.6 Å². The van der Waals surface area contributed by atoms with Crippen molar-refractivity contribution in [3.05, 3.63) is 78.3 Å². The summed E-state index contributed by atoms with van der Waals surface area (Å²) >= 11 is 0. The third-order valence-corrected chi connectivity index (χ3v) is 6.33. The lowest BCUT2D eigenvalue weighted by molar-refractivity contribution is -0.131. The van der Waals surface area contributed by atoms with Crippen molar-refractivity contribution in [1.29, 1.82) is 0 Å². The monoisotopic (exact) mass is 454 g/mol. The highest BCUT2D eigenvalue weighted by atomic mass is 16.5. The van der Waals surface area contributed by atoms with Crippen LogP contribution in [-0.2, 0) is 4.79 Å². The summed E-state index contributed by atoms with van der Waals surface area (Å²) in [7, 11) is 0. The summed E-state index contributed by atoms with van der Waals surface area (Å²) < 4.78 is 7.81. The number of para-hydroxylation sites is 1. The number of carboxylic acid groups (broad SMARTS) is 1. The zero-order valence-corrected chi connectivity index (χ0v) is 18.7. The summed E-state index contributed by atoms with van der Waals surface area (Å²) in [6.45, 7) is 0. The summed E-state index contributed by atoms with van der Waals surface area (Å²) in [6.07, 6.45) is 9.88. The van der Waals surface area contributed by atoms with Gasteiger partial charge in [0.15, 0.2) is 5.82 Å². The molecule has 0 bridgehead atoms. The van der Waals surface area contributed by atoms with Gasteiger partial charge in [0.2, 0.25) is 0 Å². The van der Waals surface area contributed by atoms with Crippen molar-refractivity contribution >= 4 is 23.4 Å². The highest BCUT2D eigenvalue weighted by molar-refractivity contribution is 5.97. The van der Waals surface area contributed by atoms with Gasteiger partial charge in [-0.05, 0) is 48.7 Å². The lowest BCUT2D eigenvalue weighted by Crippen LogP contribution is -2.10. The molecule has 0 unspecified atom stereocenters. The van der Waals surface area contributed by atoms with Crippen LogP contribution in [0.2, 0.25) is 0 Å². The Bertz CT molecular complexity index is 1340. The first-order chi connectivity index (χ1) is 16.6. The number of aromatic nitrogens is 3. The fraction of sp³-hybridized carbons (Fsp3) is 0.222. The topological polar surface area (TPSA) is 103 Å². The van der Waals surface area contributed by atoms with Gasteiger partial charge in [0.05, 0.1) is 5.69 Å². The average Bonchev–Trinajstić information content (AvgIpc) is 3.20. The Kier molecular flexibility index (Phi) is 5.99. The molecule has 2 heterocycles. The molecule has 0 radical (unpaired) electrons. The van der Waals surface area contributed by atoms with E-state index in [9.17, 15) is 9.90 Å². The normalized spacial score (nSPS) is 14.6. The molecule has 1 aliphatic carbocycles. The molecule has 7 nitrogen and oxygen atoms in total. The minimum Gasteiger partial charge on any atom is -0.478 e. The van der Waals surface area contributed by atoms with Crippen molar-refractivity contribution in [3.8, 4) is 22.6 Å². The van der Waals surface area contributed by atoms with E-state index < -0.39 is 5.97 Å². The lowest BCUT2D eigenvalue weighted by Gasteiger charge is -2.22. The van der Waals surface area contributed by atoms with E-state index in [-0.39, 0.29) is 5.92 Å². The van der Waals surface area contributed by atoms with E-state index in [0.717, 1.165) is 53.8 Å². The van der Waals surface area contributed by atoms with Crippen LogP contribution in [0.3, 0.4) is 0 Å². The van der Waals surface area contributed by atoms with Gasteiger partial charge in [-0.1, -0.05) is 49.6 Å². The number of hydrogen-bond donors (Lipinski definition) is 2. The van der Waals surface area contributed by atoms with E-state index in [1.165, 1.54) is 18.8 Å². The fourth-order valence-electron chi connectivity index (χ4n) is 4.85. The van der Waals surface area contributed by atoms with Gasteiger partial charge < -0.3 is 15.6 Å². The molecule has 0 spiro atoms. The molecule has 1 saturated carbocycles. The van der Waals surface area contributed by atoms with Crippen molar-refractivity contribution in [3.63, 3.8) is 0 Å². The number of benzene rings is 2. The van der Waals surface area contributed by atoms with E-state index in [4.69, 9.17) is 10.5 Å². The maximum Gasteiger partial charge on any atom is 0.328 e. The lowest BCUT2D eigenvalue weighted by atomic mass is 9.84. The van der Waals surface area contributed by atoms with E-state index in [1.54, 1.807) is 6.08 Å². The number of aliphatic carboxylic acids is 1. The standard InChI is InChI=1S/C27H26N4O3/c28-27-26-24(18-11-13-21(14-12-18)34-20-9-5-2-6-10-20)22(15-16-23(32)33)25(31(26)30-17-29-27)19-7-3-1-4-8-19/h2,5-6,9-17,19H,1,3-4,7-8H2,(H,32,33)(H2,28,29,30). The predicted molar refractivity (Wildman–Crippen MR) is 132 cm³/mol. The van der Waals surface area contributed by atoms with Crippen LogP contribution in [-0.4, -0.2) is 25.7 Å². The number of nitrogen functional groups attached to an aromatic ring is 1. The molecule has 5 rings (SSSR count). The fourth-order valence-corrected chi connectivity index (χ4v) is 4.85. The number of fused-ring (bicyclic) bond motifs is 1. The van der Waals surface area contributed by atoms with Crippen molar-refractivity contribution in [2.45, 2.75) is 38.0 Å². The van der Waals surface area contributed by atoms with E-state index in [1.807, 2.05) is 59.1 Å². The minimum absolute atomic E-state index is 0.276. The van der Waals surface area contributed by atoms with Gasteiger partial charge in [-0.25, -0.2) is 14.3 Å². The van der Waals surface area contributed by atoms with Crippen LogP contribution in [0.5, 0.6) is 11.5 Å². The maximum absolute atomic E-state index is 11.4. The number of hydrogen-bond acceptors (Lipinski definition) is 5. The predicted octanol–water partition coefficient (Wildman–Crippen LogP) is 5.92. The summed E-state index contributed by atoms with van der Waals surface area (Å²) in [4.78, 5) is 15.7. The second kappa shape index (κ2) is 9.39. The third kappa shape index (κ3) is 4.24. The Hall–Kier alpha value is -4.13. The van der Waals surface area contributed by atoms with Gasteiger partial charge in [0.25, 0.3) is 0 Å². The first-order valence-corrected chi connectivity index (χ1v) is 11.5. The molecule has 2 aromatic carbocycles. The van der Waals surface area contributed by atoms with Crippen LogP contribution >= 0.6 is 0 Å². The number of rotatable bonds is 6. The smallest absolute Gasteiger partial charge is 0.328 e. The molecule has 4 aromatic rings. The molecule has 0 aliphatic heterocycles. The molecule has 2 aromatic heterocycles. The van der Waals surface area contributed by atoms with Gasteiger partial charge in [0.1, 0.15) is 23.3 Å². The molecule has 1 aliphatic rings. The molecule has 34 heavy (non-hydrogen) atoms. The van der Waals surface area contributed by atoms with Crippen molar-refractivity contribution in [2.24, 2.45) is 0 Å². The molecule has 1 fully saturated rings. The van der Waals surface area contributed by atoms with Crippen LogP contribution in [0.15, 0.2) is 67.0 Å². The van der Waals surface area contributed by atoms with E-state index in [0.29, 0.717) is 17.1 Å². The van der Waals surface area contributed by atoms with Gasteiger partial charge in [-0.15, -0.1) is 0 Å². The Balaban J connectivity index is 1.66. The molecular weight excluding hydrogens is 428 g/mol. The van der Waals surface area contributed by atoms with Crippen LogP contribution in [0.4, 0.5) is 5.82 Å². The second-order valence-electron chi connectivity index (χ2n) is 8.53. The first-order valence-electron chi connectivity index (χ1n) is 11.5. The maximum atomic E-state index is 11.4. The highest BCUT2D eigenvalue weighted by Gasteiger charge is 2.28. The van der Waals surface area contributed by atoms with Gasteiger partial charge in [-0.2, -0.15) is 5.10 Å². The van der Waals surface area contributed by atoms with E-state index in [2.05, 4.69) is 10.1 Å². The number of anilines is 1. The summed E-state index contributed by atoms with van der Waals surface area (Å²) in [5.74, 6) is 1.10. The molecule has 0 saturated heterocycles. The van der Waals surface area contributed by atoms with Gasteiger partial charge in [-0.3, -0.25) is 0 Å². The molecule has 7 heteroatoms. The molecule has 0 amide bonds. The molecule has 0 atom stereocenters. The van der Waals surface area contributed by atoms with Crippen LogP contribution in [0, 0.1) is 0 Å². The summed E-state index contributed by atoms with van der Waals surface area (Å²) in [5.41, 5.74) is 10.6. The minimum atomic E-state index is -0.999.